The molecule has 1 aliphatic heterocycles. The lowest BCUT2D eigenvalue weighted by Gasteiger charge is -2.32. The number of carbonyl (C=O) groups is 2. The summed E-state index contributed by atoms with van der Waals surface area (Å²) in [7, 11) is 0. The first kappa shape index (κ1) is 11.5. The Balaban J connectivity index is 1.40. The van der Waals surface area contributed by atoms with Crippen LogP contribution in [0.25, 0.3) is 0 Å². The van der Waals surface area contributed by atoms with E-state index in [-0.39, 0.29) is 6.10 Å². The average molecular weight is 264 g/mol. The second kappa shape index (κ2) is 3.82. The highest BCUT2D eigenvalue weighted by Gasteiger charge is 2.67. The van der Waals surface area contributed by atoms with Gasteiger partial charge in [0.05, 0.1) is 12.2 Å². The minimum atomic E-state index is -1.13. The van der Waals surface area contributed by atoms with E-state index in [1.807, 2.05) is 0 Å². The Bertz CT molecular complexity index is 470. The van der Waals surface area contributed by atoms with Crippen molar-refractivity contribution in [2.75, 3.05) is 0 Å². The summed E-state index contributed by atoms with van der Waals surface area (Å²) in [6, 6.07) is 0. The van der Waals surface area contributed by atoms with E-state index in [9.17, 15) is 9.59 Å². The van der Waals surface area contributed by atoms with E-state index >= 15 is 0 Å². The van der Waals surface area contributed by atoms with Crippen LogP contribution in [0.1, 0.15) is 19.3 Å². The summed E-state index contributed by atoms with van der Waals surface area (Å²) < 4.78 is 11.0. The fraction of sp³-hybridized carbons (Fsp3) is 0.714. The number of rotatable bonds is 3. The van der Waals surface area contributed by atoms with Crippen molar-refractivity contribution in [2.45, 2.75) is 37.6 Å². The maximum absolute atomic E-state index is 11.5. The molecule has 1 N–H and O–H groups in total. The van der Waals surface area contributed by atoms with Crippen LogP contribution in [0, 0.1) is 23.7 Å². The van der Waals surface area contributed by atoms with E-state index in [4.69, 9.17) is 14.6 Å². The van der Waals surface area contributed by atoms with Crippen molar-refractivity contribution in [1.29, 1.82) is 0 Å². The van der Waals surface area contributed by atoms with Gasteiger partial charge in [-0.3, -0.25) is 0 Å². The Labute approximate surface area is 110 Å². The number of carboxylic acids is 1. The molecule has 5 nitrogen and oxygen atoms in total. The summed E-state index contributed by atoms with van der Waals surface area (Å²) in [5.74, 6) is 0.791. The van der Waals surface area contributed by atoms with Crippen molar-refractivity contribution in [3.05, 3.63) is 12.2 Å². The molecular weight excluding hydrogens is 248 g/mol. The standard InChI is InChI=1S/C14H16O5/c15-11(16)1-2-12(17)18-9-4-6-3-7(9)8-5-10-14(19-10)13(6)8/h1-2,6-10,13-14H,3-5H2,(H,15,16)/b2-1+. The summed E-state index contributed by atoms with van der Waals surface area (Å²) in [6.45, 7) is 0. The largest absolute Gasteiger partial charge is 0.478 e. The van der Waals surface area contributed by atoms with Gasteiger partial charge in [-0.1, -0.05) is 0 Å². The van der Waals surface area contributed by atoms with Gasteiger partial charge in [0.2, 0.25) is 0 Å². The lowest BCUT2D eigenvalue weighted by molar-refractivity contribution is -0.147. The van der Waals surface area contributed by atoms with Crippen LogP contribution >= 0.6 is 0 Å². The molecule has 1 heterocycles. The summed E-state index contributed by atoms with van der Waals surface area (Å²) in [5, 5.41) is 8.48. The van der Waals surface area contributed by atoms with E-state index in [1.165, 1.54) is 0 Å². The third kappa shape index (κ3) is 1.71. The Morgan fingerprint density at radius 2 is 2.00 bits per heavy atom. The van der Waals surface area contributed by atoms with E-state index in [2.05, 4.69) is 0 Å². The minimum absolute atomic E-state index is 0.0188. The molecule has 19 heavy (non-hydrogen) atoms. The molecule has 0 spiro atoms. The first-order valence-corrected chi connectivity index (χ1v) is 6.90. The summed E-state index contributed by atoms with van der Waals surface area (Å²) in [6.07, 6.45) is 5.96. The van der Waals surface area contributed by atoms with Gasteiger partial charge >= 0.3 is 11.9 Å². The van der Waals surface area contributed by atoms with Gasteiger partial charge in [0.1, 0.15) is 6.10 Å². The van der Waals surface area contributed by atoms with Crippen molar-refractivity contribution in [3.8, 4) is 0 Å². The number of epoxide rings is 1. The number of esters is 1. The molecule has 0 aromatic heterocycles. The number of carbonyl (C=O) groups excluding carboxylic acids is 1. The van der Waals surface area contributed by atoms with E-state index in [0.29, 0.717) is 35.9 Å². The van der Waals surface area contributed by atoms with Crippen molar-refractivity contribution < 1.29 is 24.2 Å². The number of fused-ring (bicyclic) bond motifs is 7. The minimum Gasteiger partial charge on any atom is -0.478 e. The monoisotopic (exact) mass is 264 g/mol. The maximum Gasteiger partial charge on any atom is 0.331 e. The van der Waals surface area contributed by atoms with Gasteiger partial charge in [-0.25, -0.2) is 9.59 Å². The lowest BCUT2D eigenvalue weighted by atomic mass is 9.79. The highest BCUT2D eigenvalue weighted by molar-refractivity contribution is 5.90. The van der Waals surface area contributed by atoms with Gasteiger partial charge in [0.15, 0.2) is 0 Å². The Morgan fingerprint density at radius 1 is 1.16 bits per heavy atom. The fourth-order valence-electron chi connectivity index (χ4n) is 4.73. The van der Waals surface area contributed by atoms with Gasteiger partial charge in [0.25, 0.3) is 0 Å². The number of carboxylic acid groups (broad SMARTS) is 1. The third-order valence-electron chi connectivity index (χ3n) is 5.31. The lowest BCUT2D eigenvalue weighted by Crippen LogP contribution is -2.34. The van der Waals surface area contributed by atoms with Crippen LogP contribution in [0.4, 0.5) is 0 Å². The van der Waals surface area contributed by atoms with Crippen LogP contribution in [0.5, 0.6) is 0 Å². The smallest absolute Gasteiger partial charge is 0.331 e. The molecule has 0 aromatic rings. The van der Waals surface area contributed by atoms with Crippen LogP contribution in [-0.2, 0) is 19.1 Å². The predicted molar refractivity (Wildman–Crippen MR) is 63.1 cm³/mol. The summed E-state index contributed by atoms with van der Waals surface area (Å²) in [4.78, 5) is 21.9. The van der Waals surface area contributed by atoms with Gasteiger partial charge in [-0.05, 0) is 42.9 Å². The number of ether oxygens (including phenoxy) is 2. The zero-order chi connectivity index (χ0) is 13.1. The molecule has 0 amide bonds. The normalized spacial score (nSPS) is 49.2. The third-order valence-corrected chi connectivity index (χ3v) is 5.31. The van der Waals surface area contributed by atoms with Crippen molar-refractivity contribution in [2.24, 2.45) is 23.7 Å². The topological polar surface area (TPSA) is 76.1 Å². The predicted octanol–water partition coefficient (Wildman–Crippen LogP) is 0.982. The SMILES string of the molecule is O=C(O)/C=C/C(=O)OC1CC2CC1C1CC3OC3C21. The number of aliphatic carboxylic acids is 1. The van der Waals surface area contributed by atoms with Crippen molar-refractivity contribution >= 4 is 11.9 Å². The molecule has 3 saturated carbocycles. The Morgan fingerprint density at radius 3 is 2.79 bits per heavy atom. The first-order chi connectivity index (χ1) is 9.13. The molecule has 7 unspecified atom stereocenters. The molecule has 102 valence electrons. The summed E-state index contributed by atoms with van der Waals surface area (Å²) in [5.41, 5.74) is 0. The van der Waals surface area contributed by atoms with Gasteiger partial charge < -0.3 is 14.6 Å². The second-order valence-corrected chi connectivity index (χ2v) is 6.16. The Hall–Kier alpha value is -1.36. The molecular formula is C14H16O5. The molecule has 7 atom stereocenters. The summed E-state index contributed by atoms with van der Waals surface area (Å²) >= 11 is 0. The maximum atomic E-state index is 11.5. The molecule has 4 rings (SSSR count). The quantitative estimate of drug-likeness (QED) is 0.467. The zero-order valence-corrected chi connectivity index (χ0v) is 10.4. The Kier molecular flexibility index (Phi) is 2.31. The average Bonchev–Trinajstić information content (AvgIpc) is 2.74. The van der Waals surface area contributed by atoms with E-state index < -0.39 is 11.9 Å². The zero-order valence-electron chi connectivity index (χ0n) is 10.4. The molecule has 4 aliphatic rings. The second-order valence-electron chi connectivity index (χ2n) is 6.16. The molecule has 0 radical (unpaired) electrons. The van der Waals surface area contributed by atoms with Crippen LogP contribution in [0.3, 0.4) is 0 Å². The van der Waals surface area contributed by atoms with Crippen LogP contribution < -0.4 is 0 Å². The van der Waals surface area contributed by atoms with Crippen LogP contribution in [0.2, 0.25) is 0 Å². The van der Waals surface area contributed by atoms with Gasteiger partial charge in [-0.15, -0.1) is 0 Å². The molecule has 5 heteroatoms. The highest BCUT2D eigenvalue weighted by Crippen LogP contribution is 2.64. The van der Waals surface area contributed by atoms with Crippen LogP contribution in [-0.4, -0.2) is 35.4 Å². The number of hydrogen-bond acceptors (Lipinski definition) is 4. The molecule has 2 bridgehead atoms. The van der Waals surface area contributed by atoms with Gasteiger partial charge in [-0.2, -0.15) is 0 Å². The van der Waals surface area contributed by atoms with Gasteiger partial charge in [0, 0.05) is 12.2 Å². The molecule has 0 aromatic carbocycles. The first-order valence-electron chi connectivity index (χ1n) is 6.90. The van der Waals surface area contributed by atoms with Crippen LogP contribution in [0.15, 0.2) is 12.2 Å². The highest BCUT2D eigenvalue weighted by atomic mass is 16.6. The van der Waals surface area contributed by atoms with E-state index in [1.54, 1.807) is 0 Å². The van der Waals surface area contributed by atoms with E-state index in [0.717, 1.165) is 31.4 Å². The number of hydrogen-bond donors (Lipinski definition) is 1. The van der Waals surface area contributed by atoms with Crippen molar-refractivity contribution in [1.82, 2.24) is 0 Å². The molecule has 3 aliphatic carbocycles. The molecule has 4 fully saturated rings. The molecule has 1 saturated heterocycles. The van der Waals surface area contributed by atoms with Crippen molar-refractivity contribution in [3.63, 3.8) is 0 Å². The fourth-order valence-corrected chi connectivity index (χ4v) is 4.73.